The molecule has 0 unspecified atom stereocenters. The third kappa shape index (κ3) is 4.30. The lowest BCUT2D eigenvalue weighted by Gasteiger charge is -2.38. The minimum absolute atomic E-state index is 0.0342. The number of anilines is 1. The second-order valence-corrected chi connectivity index (χ2v) is 8.99. The van der Waals surface area contributed by atoms with Gasteiger partial charge in [0.2, 0.25) is 5.91 Å². The van der Waals surface area contributed by atoms with Crippen LogP contribution in [0.3, 0.4) is 0 Å². The molecule has 6 nitrogen and oxygen atoms in total. The molecule has 2 atom stereocenters. The summed E-state index contributed by atoms with van der Waals surface area (Å²) < 4.78 is 36.9. The van der Waals surface area contributed by atoms with Crippen LogP contribution < -0.4 is 10.2 Å². The number of halogens is 1. The van der Waals surface area contributed by atoms with Crippen molar-refractivity contribution in [3.05, 3.63) is 30.1 Å². The SMILES string of the molecule is C[C@@H](C(=O)N[C@@H]1CCS(=O)(=O)C1)N1CCN(c2ccccc2F)CC1. The van der Waals surface area contributed by atoms with E-state index in [9.17, 15) is 17.6 Å². The van der Waals surface area contributed by atoms with Gasteiger partial charge in [-0.3, -0.25) is 9.69 Å². The molecule has 0 saturated carbocycles. The summed E-state index contributed by atoms with van der Waals surface area (Å²) in [5.41, 5.74) is 0.593. The quantitative estimate of drug-likeness (QED) is 0.844. The molecule has 2 fully saturated rings. The fourth-order valence-electron chi connectivity index (χ4n) is 3.45. The molecule has 8 heteroatoms. The van der Waals surface area contributed by atoms with E-state index in [-0.39, 0.29) is 35.3 Å². The van der Waals surface area contributed by atoms with E-state index in [0.717, 1.165) is 0 Å². The fourth-order valence-corrected chi connectivity index (χ4v) is 5.13. The van der Waals surface area contributed by atoms with Crippen molar-refractivity contribution >= 4 is 21.4 Å². The van der Waals surface area contributed by atoms with E-state index >= 15 is 0 Å². The molecule has 3 rings (SSSR count). The van der Waals surface area contributed by atoms with Crippen LogP contribution in [0.4, 0.5) is 10.1 Å². The van der Waals surface area contributed by atoms with Crippen LogP contribution >= 0.6 is 0 Å². The first-order chi connectivity index (χ1) is 11.9. The van der Waals surface area contributed by atoms with Crippen molar-refractivity contribution in [2.45, 2.75) is 25.4 Å². The molecule has 0 bridgehead atoms. The zero-order valence-electron chi connectivity index (χ0n) is 14.3. The Morgan fingerprint density at radius 1 is 1.24 bits per heavy atom. The summed E-state index contributed by atoms with van der Waals surface area (Å²) in [5, 5.41) is 2.85. The largest absolute Gasteiger partial charge is 0.367 e. The maximum Gasteiger partial charge on any atom is 0.237 e. The van der Waals surface area contributed by atoms with Gasteiger partial charge < -0.3 is 10.2 Å². The van der Waals surface area contributed by atoms with Gasteiger partial charge >= 0.3 is 0 Å². The van der Waals surface area contributed by atoms with Crippen molar-refractivity contribution in [2.75, 3.05) is 42.6 Å². The molecule has 2 aliphatic rings. The number of hydrogen-bond donors (Lipinski definition) is 1. The number of sulfone groups is 1. The highest BCUT2D eigenvalue weighted by Crippen LogP contribution is 2.21. The highest BCUT2D eigenvalue weighted by atomic mass is 32.2. The van der Waals surface area contributed by atoms with Crippen molar-refractivity contribution in [1.82, 2.24) is 10.2 Å². The molecule has 2 saturated heterocycles. The molecule has 1 aromatic carbocycles. The molecule has 0 aliphatic carbocycles. The zero-order valence-corrected chi connectivity index (χ0v) is 15.1. The van der Waals surface area contributed by atoms with E-state index in [1.807, 2.05) is 17.9 Å². The summed E-state index contributed by atoms with van der Waals surface area (Å²) in [6, 6.07) is 6.10. The molecule has 2 heterocycles. The molecule has 1 N–H and O–H groups in total. The highest BCUT2D eigenvalue weighted by molar-refractivity contribution is 7.91. The lowest BCUT2D eigenvalue weighted by Crippen LogP contribution is -2.55. The molecular weight excluding hydrogens is 345 g/mol. The molecule has 0 aromatic heterocycles. The molecule has 25 heavy (non-hydrogen) atoms. The van der Waals surface area contributed by atoms with Crippen molar-refractivity contribution in [1.29, 1.82) is 0 Å². The number of amides is 1. The van der Waals surface area contributed by atoms with Crippen LogP contribution in [0.5, 0.6) is 0 Å². The van der Waals surface area contributed by atoms with Crippen LogP contribution in [-0.2, 0) is 14.6 Å². The normalized spacial score (nSPS) is 24.9. The number of nitrogens with zero attached hydrogens (tertiary/aromatic N) is 2. The van der Waals surface area contributed by atoms with E-state index in [4.69, 9.17) is 0 Å². The van der Waals surface area contributed by atoms with E-state index in [2.05, 4.69) is 10.2 Å². The predicted octanol–water partition coefficient (Wildman–Crippen LogP) is 0.639. The van der Waals surface area contributed by atoms with Crippen molar-refractivity contribution < 1.29 is 17.6 Å². The van der Waals surface area contributed by atoms with E-state index in [1.165, 1.54) is 6.07 Å². The summed E-state index contributed by atoms with van der Waals surface area (Å²) in [5.74, 6) is -0.189. The van der Waals surface area contributed by atoms with Gasteiger partial charge in [-0.15, -0.1) is 0 Å². The molecule has 2 aliphatic heterocycles. The molecule has 138 valence electrons. The van der Waals surface area contributed by atoms with Gasteiger partial charge in [0.15, 0.2) is 9.84 Å². The molecular formula is C17H24FN3O3S. The summed E-state index contributed by atoms with van der Waals surface area (Å²) in [7, 11) is -3.00. The number of para-hydroxylation sites is 1. The van der Waals surface area contributed by atoms with Crippen LogP contribution in [0.15, 0.2) is 24.3 Å². The second-order valence-electron chi connectivity index (χ2n) is 6.76. The van der Waals surface area contributed by atoms with Crippen LogP contribution in [-0.4, -0.2) is 69.0 Å². The number of carbonyl (C=O) groups is 1. The third-order valence-corrected chi connectivity index (χ3v) is 6.78. The topological polar surface area (TPSA) is 69.7 Å². The average molecular weight is 369 g/mol. The maximum atomic E-state index is 13.9. The van der Waals surface area contributed by atoms with Gasteiger partial charge in [-0.05, 0) is 25.5 Å². The van der Waals surface area contributed by atoms with Gasteiger partial charge in [-0.25, -0.2) is 12.8 Å². The Morgan fingerprint density at radius 2 is 1.92 bits per heavy atom. The number of nitrogens with one attached hydrogen (secondary N) is 1. The number of benzene rings is 1. The van der Waals surface area contributed by atoms with Gasteiger partial charge in [0.1, 0.15) is 5.82 Å². The molecule has 1 aromatic rings. The first-order valence-electron chi connectivity index (χ1n) is 8.60. The second kappa shape index (κ2) is 7.29. The standard InChI is InChI=1S/C17H24FN3O3S/c1-13(17(22)19-14-6-11-25(23,24)12-14)20-7-9-21(10-8-20)16-5-3-2-4-15(16)18/h2-5,13-14H,6-12H2,1H3,(H,19,22)/t13-,14+/m0/s1. The van der Waals surface area contributed by atoms with Crippen LogP contribution in [0.25, 0.3) is 0 Å². The van der Waals surface area contributed by atoms with E-state index in [1.54, 1.807) is 12.1 Å². The Labute approximate surface area is 147 Å². The van der Waals surface area contributed by atoms with Crippen LogP contribution in [0, 0.1) is 5.82 Å². The summed E-state index contributed by atoms with van der Waals surface area (Å²) in [4.78, 5) is 16.4. The van der Waals surface area contributed by atoms with Gasteiger partial charge in [-0.1, -0.05) is 12.1 Å². The Kier molecular flexibility index (Phi) is 5.29. The minimum Gasteiger partial charge on any atom is -0.367 e. The number of hydrogen-bond acceptors (Lipinski definition) is 5. The highest BCUT2D eigenvalue weighted by Gasteiger charge is 2.32. The lowest BCUT2D eigenvalue weighted by molar-refractivity contribution is -0.126. The summed E-state index contributed by atoms with van der Waals surface area (Å²) >= 11 is 0. The Bertz CT molecular complexity index is 732. The van der Waals surface area contributed by atoms with Gasteiger partial charge in [-0.2, -0.15) is 0 Å². The van der Waals surface area contributed by atoms with Gasteiger partial charge in [0.05, 0.1) is 23.2 Å². The maximum absolute atomic E-state index is 13.9. The number of piperazine rings is 1. The lowest BCUT2D eigenvalue weighted by atomic mass is 10.1. The third-order valence-electron chi connectivity index (χ3n) is 5.01. The number of carbonyl (C=O) groups excluding carboxylic acids is 1. The summed E-state index contributed by atoms with van der Waals surface area (Å²) in [6.45, 7) is 4.45. The number of rotatable bonds is 4. The predicted molar refractivity (Wildman–Crippen MR) is 94.8 cm³/mol. The Hall–Kier alpha value is -1.67. The van der Waals surface area contributed by atoms with Gasteiger partial charge in [0, 0.05) is 32.2 Å². The molecule has 1 amide bonds. The summed E-state index contributed by atoms with van der Waals surface area (Å²) in [6.07, 6.45) is 0.488. The Balaban J connectivity index is 1.52. The monoisotopic (exact) mass is 369 g/mol. The van der Waals surface area contributed by atoms with Crippen LogP contribution in [0.2, 0.25) is 0 Å². The minimum atomic E-state index is -3.00. The smallest absolute Gasteiger partial charge is 0.237 e. The fraction of sp³-hybridized carbons (Fsp3) is 0.588. The first kappa shape index (κ1) is 18.1. The van der Waals surface area contributed by atoms with Crippen molar-refractivity contribution in [3.63, 3.8) is 0 Å². The zero-order chi connectivity index (χ0) is 18.0. The van der Waals surface area contributed by atoms with Gasteiger partial charge in [0.25, 0.3) is 0 Å². The van der Waals surface area contributed by atoms with Crippen molar-refractivity contribution in [2.24, 2.45) is 0 Å². The van der Waals surface area contributed by atoms with E-state index < -0.39 is 9.84 Å². The first-order valence-corrected chi connectivity index (χ1v) is 10.4. The van der Waals surface area contributed by atoms with Crippen LogP contribution in [0.1, 0.15) is 13.3 Å². The Morgan fingerprint density at radius 3 is 2.52 bits per heavy atom. The average Bonchev–Trinajstić information content (AvgIpc) is 2.93. The van der Waals surface area contributed by atoms with E-state index in [0.29, 0.717) is 38.3 Å². The van der Waals surface area contributed by atoms with Crippen molar-refractivity contribution in [3.8, 4) is 0 Å². The molecule has 0 spiro atoms. The molecule has 0 radical (unpaired) electrons.